The Hall–Kier alpha value is -1.61. The average molecular weight is 174 g/mol. The van der Waals surface area contributed by atoms with Crippen LogP contribution in [0.3, 0.4) is 0 Å². The third-order valence-electron chi connectivity index (χ3n) is 2.07. The van der Waals surface area contributed by atoms with Gasteiger partial charge in [0.15, 0.2) is 0 Å². The lowest BCUT2D eigenvalue weighted by Crippen LogP contribution is -2.06. The van der Waals surface area contributed by atoms with Gasteiger partial charge in [-0.15, -0.1) is 0 Å². The van der Waals surface area contributed by atoms with Crippen molar-refractivity contribution < 1.29 is 0 Å². The third kappa shape index (κ3) is 1.34. The van der Waals surface area contributed by atoms with Gasteiger partial charge in [0.25, 0.3) is 0 Å². The van der Waals surface area contributed by atoms with Crippen LogP contribution in [-0.4, -0.2) is 4.98 Å². The first-order valence-corrected chi connectivity index (χ1v) is 4.12. The van der Waals surface area contributed by atoms with Crippen LogP contribution in [0.2, 0.25) is 0 Å². The first kappa shape index (κ1) is 8.01. The van der Waals surface area contributed by atoms with Crippen LogP contribution in [-0.2, 0) is 6.54 Å². The Morgan fingerprint density at radius 1 is 1.23 bits per heavy atom. The summed E-state index contributed by atoms with van der Waals surface area (Å²) in [6.07, 6.45) is 0. The minimum atomic E-state index is -0.0894. The van der Waals surface area contributed by atoms with Crippen molar-refractivity contribution in [3.05, 3.63) is 46.2 Å². The lowest BCUT2D eigenvalue weighted by Gasteiger charge is -2.02. The maximum atomic E-state index is 11.1. The van der Waals surface area contributed by atoms with E-state index in [0.29, 0.717) is 6.54 Å². The number of para-hydroxylation sites is 1. The molecule has 2 rings (SSSR count). The molecule has 1 aromatic carbocycles. The molecule has 1 aromatic heterocycles. The maximum Gasteiger partial charge on any atom is 0.248 e. The molecule has 1 heterocycles. The molecule has 0 aliphatic heterocycles. The summed E-state index contributed by atoms with van der Waals surface area (Å²) in [7, 11) is 0. The van der Waals surface area contributed by atoms with E-state index in [2.05, 4.69) is 4.98 Å². The predicted octanol–water partition coefficient (Wildman–Crippen LogP) is 0.987. The van der Waals surface area contributed by atoms with Gasteiger partial charge >= 0.3 is 0 Å². The van der Waals surface area contributed by atoms with Crippen molar-refractivity contribution in [1.29, 1.82) is 0 Å². The minimum absolute atomic E-state index is 0.0894. The Morgan fingerprint density at radius 2 is 2.08 bits per heavy atom. The molecule has 0 aliphatic carbocycles. The van der Waals surface area contributed by atoms with Gasteiger partial charge in [-0.25, -0.2) is 0 Å². The van der Waals surface area contributed by atoms with Crippen molar-refractivity contribution in [3.8, 4) is 0 Å². The lowest BCUT2D eigenvalue weighted by molar-refractivity contribution is 1.07. The maximum absolute atomic E-state index is 11.1. The first-order valence-electron chi connectivity index (χ1n) is 4.12. The van der Waals surface area contributed by atoms with Crippen molar-refractivity contribution in [2.45, 2.75) is 6.54 Å². The van der Waals surface area contributed by atoms with Crippen LogP contribution < -0.4 is 11.3 Å². The lowest BCUT2D eigenvalue weighted by atomic mass is 10.1. The summed E-state index contributed by atoms with van der Waals surface area (Å²) in [6.45, 7) is 0.442. The quantitative estimate of drug-likeness (QED) is 0.677. The van der Waals surface area contributed by atoms with Crippen molar-refractivity contribution in [2.75, 3.05) is 0 Å². The van der Waals surface area contributed by atoms with E-state index in [0.717, 1.165) is 16.5 Å². The minimum Gasteiger partial charge on any atom is -0.326 e. The van der Waals surface area contributed by atoms with E-state index in [1.165, 1.54) is 6.07 Å². The van der Waals surface area contributed by atoms with Gasteiger partial charge in [-0.1, -0.05) is 18.2 Å². The molecule has 3 N–H and O–H groups in total. The Labute approximate surface area is 75.2 Å². The first-order chi connectivity index (χ1) is 6.31. The molecule has 0 atom stereocenters. The third-order valence-corrected chi connectivity index (χ3v) is 2.07. The van der Waals surface area contributed by atoms with E-state index in [1.54, 1.807) is 6.07 Å². The second-order valence-electron chi connectivity index (χ2n) is 2.91. The number of aromatic nitrogens is 1. The molecular weight excluding hydrogens is 164 g/mol. The number of pyridine rings is 1. The number of nitrogens with two attached hydrogens (primary N) is 1. The van der Waals surface area contributed by atoms with E-state index in [-0.39, 0.29) is 5.56 Å². The van der Waals surface area contributed by atoms with E-state index in [4.69, 9.17) is 5.73 Å². The molecule has 3 nitrogen and oxygen atoms in total. The van der Waals surface area contributed by atoms with Crippen molar-refractivity contribution in [2.24, 2.45) is 5.73 Å². The number of H-pyrrole nitrogens is 1. The van der Waals surface area contributed by atoms with Gasteiger partial charge in [0, 0.05) is 12.6 Å². The fourth-order valence-electron chi connectivity index (χ4n) is 1.41. The summed E-state index contributed by atoms with van der Waals surface area (Å²) in [6, 6.07) is 9.11. The van der Waals surface area contributed by atoms with E-state index < -0.39 is 0 Å². The molecule has 3 heteroatoms. The second kappa shape index (κ2) is 3.03. The molecule has 0 amide bonds. The molecule has 0 radical (unpaired) electrons. The number of benzene rings is 1. The van der Waals surface area contributed by atoms with Gasteiger partial charge in [0.05, 0.1) is 5.52 Å². The van der Waals surface area contributed by atoms with Gasteiger partial charge < -0.3 is 10.7 Å². The van der Waals surface area contributed by atoms with Crippen LogP contribution in [0.25, 0.3) is 10.9 Å². The topological polar surface area (TPSA) is 58.9 Å². The fourth-order valence-corrected chi connectivity index (χ4v) is 1.41. The highest BCUT2D eigenvalue weighted by Crippen LogP contribution is 2.13. The summed E-state index contributed by atoms with van der Waals surface area (Å²) in [5.74, 6) is 0. The van der Waals surface area contributed by atoms with Crippen LogP contribution in [0.4, 0.5) is 0 Å². The molecule has 0 saturated carbocycles. The van der Waals surface area contributed by atoms with E-state index in [1.807, 2.05) is 18.2 Å². The summed E-state index contributed by atoms with van der Waals surface area (Å²) in [5.41, 5.74) is 7.27. The SMILES string of the molecule is NCc1cccc2ccc(=O)[nH]c12. The van der Waals surface area contributed by atoms with Gasteiger partial charge in [0.2, 0.25) is 5.56 Å². The number of nitrogens with one attached hydrogen (secondary N) is 1. The van der Waals surface area contributed by atoms with Crippen LogP contribution in [0, 0.1) is 0 Å². The Morgan fingerprint density at radius 3 is 2.85 bits per heavy atom. The predicted molar refractivity (Wildman–Crippen MR) is 52.5 cm³/mol. The molecule has 0 bridgehead atoms. The monoisotopic (exact) mass is 174 g/mol. The molecule has 0 spiro atoms. The number of hydrogen-bond donors (Lipinski definition) is 2. The Balaban J connectivity index is 2.87. The van der Waals surface area contributed by atoms with Gasteiger partial charge in [0.1, 0.15) is 0 Å². The molecule has 0 aliphatic rings. The van der Waals surface area contributed by atoms with Crippen molar-refractivity contribution in [1.82, 2.24) is 4.98 Å². The highest BCUT2D eigenvalue weighted by Gasteiger charge is 1.98. The highest BCUT2D eigenvalue weighted by molar-refractivity contribution is 5.81. The molecular formula is C10H10N2O. The summed E-state index contributed by atoms with van der Waals surface area (Å²) < 4.78 is 0. The molecule has 2 aromatic rings. The Bertz CT molecular complexity index is 487. The Kier molecular flexibility index (Phi) is 1.87. The molecule has 0 unspecified atom stereocenters. The van der Waals surface area contributed by atoms with Gasteiger partial charge in [-0.3, -0.25) is 4.79 Å². The zero-order valence-electron chi connectivity index (χ0n) is 7.08. The van der Waals surface area contributed by atoms with Crippen LogP contribution in [0.5, 0.6) is 0 Å². The zero-order valence-corrected chi connectivity index (χ0v) is 7.08. The second-order valence-corrected chi connectivity index (χ2v) is 2.91. The van der Waals surface area contributed by atoms with Crippen molar-refractivity contribution >= 4 is 10.9 Å². The standard InChI is InChI=1S/C10H10N2O/c11-6-8-3-1-2-7-4-5-9(13)12-10(7)8/h1-5H,6,11H2,(H,12,13). The molecule has 0 saturated heterocycles. The smallest absolute Gasteiger partial charge is 0.248 e. The van der Waals surface area contributed by atoms with E-state index >= 15 is 0 Å². The summed E-state index contributed by atoms with van der Waals surface area (Å²) in [4.78, 5) is 13.8. The van der Waals surface area contributed by atoms with Gasteiger partial charge in [-0.05, 0) is 17.0 Å². The fraction of sp³-hybridized carbons (Fsp3) is 0.100. The number of fused-ring (bicyclic) bond motifs is 1. The highest BCUT2D eigenvalue weighted by atomic mass is 16.1. The zero-order chi connectivity index (χ0) is 9.26. The molecule has 66 valence electrons. The van der Waals surface area contributed by atoms with Crippen LogP contribution in [0.15, 0.2) is 35.1 Å². The van der Waals surface area contributed by atoms with Crippen LogP contribution in [0.1, 0.15) is 5.56 Å². The molecule has 0 fully saturated rings. The number of rotatable bonds is 1. The van der Waals surface area contributed by atoms with Gasteiger partial charge in [-0.2, -0.15) is 0 Å². The number of hydrogen-bond acceptors (Lipinski definition) is 2. The summed E-state index contributed by atoms with van der Waals surface area (Å²) in [5, 5.41) is 1.02. The van der Waals surface area contributed by atoms with Crippen LogP contribution >= 0.6 is 0 Å². The largest absolute Gasteiger partial charge is 0.326 e. The van der Waals surface area contributed by atoms with E-state index in [9.17, 15) is 4.79 Å². The van der Waals surface area contributed by atoms with Crippen molar-refractivity contribution in [3.63, 3.8) is 0 Å². The summed E-state index contributed by atoms with van der Waals surface area (Å²) >= 11 is 0. The average Bonchev–Trinajstić information content (AvgIpc) is 2.17. The number of aromatic amines is 1. The molecule has 13 heavy (non-hydrogen) atoms. The normalized spacial score (nSPS) is 10.5.